The van der Waals surface area contributed by atoms with E-state index in [4.69, 9.17) is 10.2 Å². The van der Waals surface area contributed by atoms with Crippen LogP contribution in [-0.2, 0) is 11.2 Å². The number of carbonyl (C=O) groups excluding carboxylic acids is 1. The van der Waals surface area contributed by atoms with E-state index in [1.165, 1.54) is 11.1 Å². The zero-order valence-corrected chi connectivity index (χ0v) is 15.4. The van der Waals surface area contributed by atoms with Crippen molar-refractivity contribution in [1.29, 1.82) is 0 Å². The van der Waals surface area contributed by atoms with Gasteiger partial charge < -0.3 is 15.1 Å². The lowest BCUT2D eigenvalue weighted by Crippen LogP contribution is -2.40. The van der Waals surface area contributed by atoms with Crippen LogP contribution in [-0.4, -0.2) is 30.4 Å². The first-order valence-electron chi connectivity index (χ1n) is 7.81. The van der Waals surface area contributed by atoms with Gasteiger partial charge in [-0.1, -0.05) is 13.8 Å². The second kappa shape index (κ2) is 7.84. The quantitative estimate of drug-likeness (QED) is 0.905. The van der Waals surface area contributed by atoms with Crippen molar-refractivity contribution < 1.29 is 9.21 Å². The smallest absolute Gasteiger partial charge is 0.227 e. The lowest BCUT2D eigenvalue weighted by molar-refractivity contribution is -0.130. The fraction of sp³-hybridized carbons (Fsp3) is 0.500. The molecule has 0 spiro atoms. The van der Waals surface area contributed by atoms with Gasteiger partial charge >= 0.3 is 0 Å². The lowest BCUT2D eigenvalue weighted by atomic mass is 9.95. The van der Waals surface area contributed by atoms with Gasteiger partial charge in [-0.2, -0.15) is 0 Å². The minimum absolute atomic E-state index is 0. The number of nitrogens with zero attached hydrogens (tertiary/aromatic N) is 1. The molecule has 1 atom stereocenters. The van der Waals surface area contributed by atoms with E-state index < -0.39 is 0 Å². The Kier molecular flexibility index (Phi) is 6.66. The Balaban J connectivity index is 0.00000264. The number of amides is 1. The summed E-state index contributed by atoms with van der Waals surface area (Å²) in [5, 5.41) is 1.04. The molecule has 1 amide bonds. The van der Waals surface area contributed by atoms with Gasteiger partial charge in [-0.3, -0.25) is 4.79 Å². The van der Waals surface area contributed by atoms with Crippen molar-refractivity contribution in [1.82, 2.24) is 4.90 Å². The molecule has 2 aromatic rings. The van der Waals surface area contributed by atoms with Gasteiger partial charge in [0.2, 0.25) is 5.91 Å². The molecule has 0 bridgehead atoms. The van der Waals surface area contributed by atoms with Gasteiger partial charge in [-0.15, -0.1) is 12.4 Å². The molecule has 1 heterocycles. The fourth-order valence-corrected chi connectivity index (χ4v) is 2.70. The highest BCUT2D eigenvalue weighted by molar-refractivity contribution is 5.88. The van der Waals surface area contributed by atoms with Crippen LogP contribution in [0.3, 0.4) is 0 Å². The molecule has 2 rings (SSSR count). The molecule has 0 saturated carbocycles. The third-order valence-corrected chi connectivity index (χ3v) is 4.40. The van der Waals surface area contributed by atoms with E-state index in [0.29, 0.717) is 18.9 Å². The van der Waals surface area contributed by atoms with Gasteiger partial charge in [-0.25, -0.2) is 0 Å². The number of hydrogen-bond acceptors (Lipinski definition) is 3. The van der Waals surface area contributed by atoms with Crippen LogP contribution in [0, 0.1) is 6.92 Å². The zero-order valence-electron chi connectivity index (χ0n) is 14.6. The van der Waals surface area contributed by atoms with Crippen LogP contribution in [0.25, 0.3) is 11.0 Å². The summed E-state index contributed by atoms with van der Waals surface area (Å²) in [5.41, 5.74) is 9.94. The molecule has 0 saturated heterocycles. The van der Waals surface area contributed by atoms with Gasteiger partial charge in [-0.05, 0) is 43.0 Å². The average molecular weight is 339 g/mol. The first-order chi connectivity index (χ1) is 10.3. The molecule has 0 aliphatic carbocycles. The van der Waals surface area contributed by atoms with E-state index in [1.54, 1.807) is 18.2 Å². The van der Waals surface area contributed by atoms with Crippen molar-refractivity contribution in [3.8, 4) is 0 Å². The molecular formula is C18H27ClN2O2. The van der Waals surface area contributed by atoms with Crippen LogP contribution in [0.2, 0.25) is 0 Å². The summed E-state index contributed by atoms with van der Waals surface area (Å²) >= 11 is 0. The Morgan fingerprint density at radius 3 is 2.52 bits per heavy atom. The molecule has 1 unspecified atom stereocenters. The van der Waals surface area contributed by atoms with E-state index in [1.807, 2.05) is 6.92 Å². The molecule has 0 aliphatic rings. The molecule has 23 heavy (non-hydrogen) atoms. The number of benzene rings is 1. The molecule has 1 aromatic carbocycles. The van der Waals surface area contributed by atoms with E-state index in [9.17, 15) is 4.79 Å². The van der Waals surface area contributed by atoms with Crippen LogP contribution in [0.5, 0.6) is 0 Å². The van der Waals surface area contributed by atoms with Gasteiger partial charge in [0.05, 0.1) is 12.7 Å². The number of fused-ring (bicyclic) bond motifs is 1. The Labute approximate surface area is 144 Å². The van der Waals surface area contributed by atoms with Crippen molar-refractivity contribution in [2.45, 2.75) is 46.1 Å². The summed E-state index contributed by atoms with van der Waals surface area (Å²) in [6, 6.07) is 4.26. The summed E-state index contributed by atoms with van der Waals surface area (Å²) in [5.74, 6) is 0.509. The summed E-state index contributed by atoms with van der Waals surface area (Å²) < 4.78 is 5.64. The average Bonchev–Trinajstić information content (AvgIpc) is 2.86. The molecular weight excluding hydrogens is 312 g/mol. The number of likely N-dealkylation sites (N-methyl/N-ethyl adjacent to an activating group) is 1. The Bertz CT molecular complexity index is 679. The normalized spacial score (nSPS) is 12.3. The Morgan fingerprint density at radius 1 is 1.30 bits per heavy atom. The molecule has 5 heteroatoms. The maximum absolute atomic E-state index is 12.4. The highest BCUT2D eigenvalue weighted by Crippen LogP contribution is 2.29. The topological polar surface area (TPSA) is 59.5 Å². The molecule has 0 fully saturated rings. The number of halogens is 1. The van der Waals surface area contributed by atoms with Crippen LogP contribution in [0.15, 0.2) is 22.8 Å². The lowest BCUT2D eigenvalue weighted by Gasteiger charge is -2.23. The maximum Gasteiger partial charge on any atom is 0.227 e. The first-order valence-corrected chi connectivity index (χ1v) is 7.81. The molecule has 128 valence electrons. The zero-order chi connectivity index (χ0) is 16.4. The van der Waals surface area contributed by atoms with Crippen LogP contribution in [0.1, 0.15) is 43.4 Å². The molecule has 0 aliphatic heterocycles. The van der Waals surface area contributed by atoms with Crippen molar-refractivity contribution in [3.63, 3.8) is 0 Å². The third-order valence-electron chi connectivity index (χ3n) is 4.40. The maximum atomic E-state index is 12.4. The molecule has 0 radical (unpaired) electrons. The number of furan rings is 1. The fourth-order valence-electron chi connectivity index (χ4n) is 2.70. The standard InChI is InChI=1S/C18H26N2O2.ClH/c1-11(2)15-8-16-14(10-22-17(16)6-12(15)3)7-18(21)20(5)13(4)9-19;/h6,8,10-11,13H,7,9,19H2,1-5H3;1H. The number of rotatable bonds is 5. The van der Waals surface area contributed by atoms with Gasteiger partial charge in [0.15, 0.2) is 0 Å². The minimum Gasteiger partial charge on any atom is -0.464 e. The number of hydrogen-bond donors (Lipinski definition) is 1. The van der Waals surface area contributed by atoms with E-state index >= 15 is 0 Å². The van der Waals surface area contributed by atoms with Crippen molar-refractivity contribution in [2.75, 3.05) is 13.6 Å². The summed E-state index contributed by atoms with van der Waals surface area (Å²) in [4.78, 5) is 14.1. The third kappa shape index (κ3) is 4.06. The predicted octanol–water partition coefficient (Wildman–Crippen LogP) is 3.63. The van der Waals surface area contributed by atoms with E-state index in [0.717, 1.165) is 16.5 Å². The van der Waals surface area contributed by atoms with Crippen LogP contribution < -0.4 is 5.73 Å². The Hall–Kier alpha value is -1.52. The highest BCUT2D eigenvalue weighted by Gasteiger charge is 2.18. The highest BCUT2D eigenvalue weighted by atomic mass is 35.5. The van der Waals surface area contributed by atoms with E-state index in [2.05, 4.69) is 32.9 Å². The second-order valence-electron chi connectivity index (χ2n) is 6.39. The molecule has 1 aromatic heterocycles. The predicted molar refractivity (Wildman–Crippen MR) is 97.3 cm³/mol. The van der Waals surface area contributed by atoms with Crippen molar-refractivity contribution in [3.05, 3.63) is 35.1 Å². The van der Waals surface area contributed by atoms with Gasteiger partial charge in [0, 0.05) is 30.6 Å². The SMILES string of the molecule is Cc1cc2occ(CC(=O)N(C)C(C)CN)c2cc1C(C)C.Cl. The van der Waals surface area contributed by atoms with Gasteiger partial charge in [0.25, 0.3) is 0 Å². The Morgan fingerprint density at radius 2 is 1.96 bits per heavy atom. The second-order valence-corrected chi connectivity index (χ2v) is 6.39. The summed E-state index contributed by atoms with van der Waals surface area (Å²) in [6.45, 7) is 8.86. The molecule has 2 N–H and O–H groups in total. The summed E-state index contributed by atoms with van der Waals surface area (Å²) in [6.07, 6.45) is 2.04. The number of aryl methyl sites for hydroxylation is 1. The van der Waals surface area contributed by atoms with E-state index in [-0.39, 0.29) is 24.4 Å². The van der Waals surface area contributed by atoms with Crippen LogP contribution in [0.4, 0.5) is 0 Å². The van der Waals surface area contributed by atoms with Crippen molar-refractivity contribution >= 4 is 29.3 Å². The largest absolute Gasteiger partial charge is 0.464 e. The van der Waals surface area contributed by atoms with Crippen LogP contribution >= 0.6 is 12.4 Å². The minimum atomic E-state index is 0. The summed E-state index contributed by atoms with van der Waals surface area (Å²) in [7, 11) is 1.80. The number of carbonyl (C=O) groups is 1. The molecule has 4 nitrogen and oxygen atoms in total. The van der Waals surface area contributed by atoms with Crippen molar-refractivity contribution in [2.24, 2.45) is 5.73 Å². The van der Waals surface area contributed by atoms with Gasteiger partial charge in [0.1, 0.15) is 5.58 Å². The monoisotopic (exact) mass is 338 g/mol. The number of nitrogens with two attached hydrogens (primary N) is 1. The first kappa shape index (κ1) is 19.5.